The molecule has 0 spiro atoms. The van der Waals surface area contributed by atoms with Gasteiger partial charge in [-0.1, -0.05) is 37.0 Å². The van der Waals surface area contributed by atoms with Gasteiger partial charge in [-0.25, -0.2) is 0 Å². The summed E-state index contributed by atoms with van der Waals surface area (Å²) in [5, 5.41) is 0. The van der Waals surface area contributed by atoms with Gasteiger partial charge in [-0.3, -0.25) is 14.5 Å². The molecule has 0 aliphatic carbocycles. The zero-order valence-electron chi connectivity index (χ0n) is 12.9. The number of thiocarbonyl (C=S) groups is 1. The monoisotopic (exact) mass is 365 g/mol. The molecule has 6 nitrogen and oxygen atoms in total. The molecule has 1 amide bonds. The summed E-state index contributed by atoms with van der Waals surface area (Å²) in [6.07, 6.45) is 2.45. The van der Waals surface area contributed by atoms with Crippen molar-refractivity contribution in [3.8, 4) is 11.5 Å². The second-order valence-electron chi connectivity index (χ2n) is 5.10. The topological polar surface area (TPSA) is 65.1 Å². The Morgan fingerprint density at radius 2 is 2.21 bits per heavy atom. The fourth-order valence-corrected chi connectivity index (χ4v) is 3.44. The summed E-state index contributed by atoms with van der Waals surface area (Å²) in [4.78, 5) is 25.9. The van der Waals surface area contributed by atoms with Gasteiger partial charge in [-0.15, -0.1) is 0 Å². The van der Waals surface area contributed by atoms with E-state index in [1.165, 1.54) is 4.90 Å². The lowest BCUT2D eigenvalue weighted by Gasteiger charge is -2.13. The lowest BCUT2D eigenvalue weighted by molar-refractivity contribution is -0.146. The van der Waals surface area contributed by atoms with Gasteiger partial charge in [0, 0.05) is 0 Å². The second kappa shape index (κ2) is 7.23. The molecule has 0 saturated carbocycles. The maximum atomic E-state index is 12.4. The highest BCUT2D eigenvalue weighted by molar-refractivity contribution is 8.26. The molecular formula is C16H15NO5S2. The minimum absolute atomic E-state index is 0.164. The van der Waals surface area contributed by atoms with Gasteiger partial charge in [0.25, 0.3) is 5.91 Å². The summed E-state index contributed by atoms with van der Waals surface area (Å²) in [5.74, 6) is 0.564. The molecule has 1 fully saturated rings. The summed E-state index contributed by atoms with van der Waals surface area (Å²) in [6.45, 7) is 2.27. The van der Waals surface area contributed by atoms with Crippen molar-refractivity contribution in [3.63, 3.8) is 0 Å². The van der Waals surface area contributed by atoms with Crippen molar-refractivity contribution in [2.45, 2.75) is 13.3 Å². The number of hydrogen-bond acceptors (Lipinski definition) is 7. The Kier molecular flexibility index (Phi) is 5.06. The largest absolute Gasteiger partial charge is 0.464 e. The number of carbonyl (C=O) groups is 2. The average Bonchev–Trinajstić information content (AvgIpc) is 3.13. The molecule has 0 radical (unpaired) electrons. The normalized spacial score (nSPS) is 17.7. The number of hydrogen-bond donors (Lipinski definition) is 0. The fraction of sp³-hybridized carbons (Fsp3) is 0.312. The lowest BCUT2D eigenvalue weighted by Crippen LogP contribution is -2.34. The van der Waals surface area contributed by atoms with Crippen molar-refractivity contribution < 1.29 is 23.8 Å². The first-order chi connectivity index (χ1) is 11.6. The Labute approximate surface area is 148 Å². The van der Waals surface area contributed by atoms with Crippen LogP contribution < -0.4 is 9.47 Å². The molecule has 1 aromatic carbocycles. The number of carbonyl (C=O) groups excluding carboxylic acids is 2. The van der Waals surface area contributed by atoms with Gasteiger partial charge in [-0.2, -0.15) is 0 Å². The molecular weight excluding hydrogens is 350 g/mol. The molecule has 0 unspecified atom stereocenters. The number of benzene rings is 1. The minimum Gasteiger partial charge on any atom is -0.464 e. The number of amides is 1. The third-order valence-corrected chi connectivity index (χ3v) is 4.70. The van der Waals surface area contributed by atoms with Gasteiger partial charge in [-0.05, 0) is 30.2 Å². The van der Waals surface area contributed by atoms with E-state index in [-0.39, 0.29) is 19.2 Å². The molecule has 1 aromatic rings. The molecule has 2 aliphatic heterocycles. The van der Waals surface area contributed by atoms with E-state index in [0.717, 1.165) is 23.7 Å². The zero-order chi connectivity index (χ0) is 17.1. The van der Waals surface area contributed by atoms with Gasteiger partial charge in [0.15, 0.2) is 11.5 Å². The molecule has 3 rings (SSSR count). The standard InChI is InChI=1S/C16H15NO5S2/c1-2-5-20-14(18)8-17-15(19)13(24-16(17)23)7-10-3-4-11-12(6-10)22-9-21-11/h3-4,6-7H,2,5,8-9H2,1H3. The Balaban J connectivity index is 1.72. The first-order valence-corrected chi connectivity index (χ1v) is 8.61. The summed E-state index contributed by atoms with van der Waals surface area (Å²) < 4.78 is 15.9. The molecule has 0 bridgehead atoms. The average molecular weight is 365 g/mol. The maximum Gasteiger partial charge on any atom is 0.326 e. The molecule has 0 atom stereocenters. The van der Waals surface area contributed by atoms with Crippen LogP contribution in [0.1, 0.15) is 18.9 Å². The first-order valence-electron chi connectivity index (χ1n) is 7.39. The molecule has 0 N–H and O–H groups in total. The number of esters is 1. The van der Waals surface area contributed by atoms with E-state index >= 15 is 0 Å². The van der Waals surface area contributed by atoms with Crippen molar-refractivity contribution in [2.24, 2.45) is 0 Å². The van der Waals surface area contributed by atoms with Crippen LogP contribution in [0.5, 0.6) is 11.5 Å². The van der Waals surface area contributed by atoms with Crippen molar-refractivity contribution >= 4 is 46.3 Å². The summed E-state index contributed by atoms with van der Waals surface area (Å²) >= 11 is 6.36. The van der Waals surface area contributed by atoms with Gasteiger partial charge in [0.2, 0.25) is 6.79 Å². The van der Waals surface area contributed by atoms with E-state index in [9.17, 15) is 9.59 Å². The van der Waals surface area contributed by atoms with E-state index < -0.39 is 5.97 Å². The Morgan fingerprint density at radius 1 is 1.42 bits per heavy atom. The summed E-state index contributed by atoms with van der Waals surface area (Å²) in [7, 11) is 0. The molecule has 0 aromatic heterocycles. The second-order valence-corrected chi connectivity index (χ2v) is 6.78. The van der Waals surface area contributed by atoms with Gasteiger partial charge >= 0.3 is 5.97 Å². The Hall–Kier alpha value is -2.06. The fourth-order valence-electron chi connectivity index (χ4n) is 2.18. The maximum absolute atomic E-state index is 12.4. The van der Waals surface area contributed by atoms with E-state index in [4.69, 9.17) is 26.4 Å². The number of fused-ring (bicyclic) bond motifs is 1. The van der Waals surface area contributed by atoms with Crippen molar-refractivity contribution in [1.82, 2.24) is 4.90 Å². The van der Waals surface area contributed by atoms with Gasteiger partial charge in [0.1, 0.15) is 10.9 Å². The quantitative estimate of drug-likeness (QED) is 0.451. The van der Waals surface area contributed by atoms with E-state index in [1.54, 1.807) is 18.2 Å². The van der Waals surface area contributed by atoms with Crippen molar-refractivity contribution in [2.75, 3.05) is 19.9 Å². The molecule has 2 aliphatic rings. The Bertz CT molecular complexity index is 731. The third kappa shape index (κ3) is 3.54. The van der Waals surface area contributed by atoms with Gasteiger partial charge < -0.3 is 14.2 Å². The first kappa shape index (κ1) is 16.8. The SMILES string of the molecule is CCCOC(=O)CN1C(=O)C(=Cc2ccc3c(c2)OCO3)SC1=S. The third-order valence-electron chi connectivity index (χ3n) is 3.32. The van der Waals surface area contributed by atoms with Crippen LogP contribution in [0.4, 0.5) is 0 Å². The van der Waals surface area contributed by atoms with Crippen LogP contribution in [0, 0.1) is 0 Å². The van der Waals surface area contributed by atoms with Crippen molar-refractivity contribution in [1.29, 1.82) is 0 Å². The van der Waals surface area contributed by atoms with E-state index in [0.29, 0.717) is 27.3 Å². The Morgan fingerprint density at radius 3 is 3.00 bits per heavy atom. The highest BCUT2D eigenvalue weighted by Gasteiger charge is 2.33. The summed E-state index contributed by atoms with van der Waals surface area (Å²) in [5.41, 5.74) is 0.799. The number of nitrogens with zero attached hydrogens (tertiary/aromatic N) is 1. The lowest BCUT2D eigenvalue weighted by atomic mass is 10.2. The molecule has 8 heteroatoms. The van der Waals surface area contributed by atoms with Gasteiger partial charge in [0.05, 0.1) is 11.5 Å². The van der Waals surface area contributed by atoms with E-state index in [1.807, 2.05) is 13.0 Å². The van der Waals surface area contributed by atoms with Crippen LogP contribution in [-0.4, -0.2) is 41.0 Å². The zero-order valence-corrected chi connectivity index (χ0v) is 14.6. The van der Waals surface area contributed by atoms with E-state index in [2.05, 4.69) is 0 Å². The number of thioether (sulfide) groups is 1. The highest BCUT2D eigenvalue weighted by Crippen LogP contribution is 2.36. The van der Waals surface area contributed by atoms with Crippen molar-refractivity contribution in [3.05, 3.63) is 28.7 Å². The summed E-state index contributed by atoms with van der Waals surface area (Å²) in [6, 6.07) is 5.41. The molecule has 2 heterocycles. The van der Waals surface area contributed by atoms with Crippen LogP contribution in [0.15, 0.2) is 23.1 Å². The predicted octanol–water partition coefficient (Wildman–Crippen LogP) is 2.57. The minimum atomic E-state index is -0.461. The van der Waals surface area contributed by atoms with Crippen LogP contribution >= 0.6 is 24.0 Å². The van der Waals surface area contributed by atoms with Crippen LogP contribution in [0.25, 0.3) is 6.08 Å². The van der Waals surface area contributed by atoms with Crippen LogP contribution in [-0.2, 0) is 14.3 Å². The predicted molar refractivity (Wildman–Crippen MR) is 93.7 cm³/mol. The molecule has 126 valence electrons. The number of ether oxygens (including phenoxy) is 3. The van der Waals surface area contributed by atoms with Crippen LogP contribution in [0.3, 0.4) is 0 Å². The smallest absolute Gasteiger partial charge is 0.326 e. The molecule has 1 saturated heterocycles. The number of rotatable bonds is 5. The molecule has 24 heavy (non-hydrogen) atoms. The van der Waals surface area contributed by atoms with Crippen LogP contribution in [0.2, 0.25) is 0 Å². The highest BCUT2D eigenvalue weighted by atomic mass is 32.2.